The third-order valence-electron chi connectivity index (χ3n) is 2.54. The summed E-state index contributed by atoms with van der Waals surface area (Å²) in [6, 6.07) is 0. The van der Waals surface area contributed by atoms with E-state index in [1.807, 2.05) is 13.2 Å². The van der Waals surface area contributed by atoms with Gasteiger partial charge in [0, 0.05) is 6.54 Å². The molecule has 1 amide bonds. The van der Waals surface area contributed by atoms with Crippen molar-refractivity contribution in [3.63, 3.8) is 0 Å². The van der Waals surface area contributed by atoms with Gasteiger partial charge < -0.3 is 10.4 Å². The summed E-state index contributed by atoms with van der Waals surface area (Å²) in [7, 11) is 0. The highest BCUT2D eigenvalue weighted by molar-refractivity contribution is 7.98. The number of nitrogens with zero attached hydrogens (tertiary/aromatic N) is 2. The van der Waals surface area contributed by atoms with Crippen molar-refractivity contribution >= 4 is 29.3 Å². The molecule has 1 aromatic rings. The average Bonchev–Trinajstić information content (AvgIpc) is 2.36. The van der Waals surface area contributed by atoms with Crippen molar-refractivity contribution in [1.82, 2.24) is 15.3 Å². The quantitative estimate of drug-likeness (QED) is 0.622. The molecular weight excluding hydrogens is 286 g/mol. The van der Waals surface area contributed by atoms with Crippen LogP contribution in [0.1, 0.15) is 37.2 Å². The standard InChI is InChI=1S/C12H18ClN3O2S/c1-4-5-12(2,18)7-15-10(17)9-8(13)6-14-11(16-9)19-3/h6,18H,4-5,7H2,1-3H3,(H,15,17). The molecule has 0 spiro atoms. The number of aromatic nitrogens is 2. The van der Waals surface area contributed by atoms with Gasteiger partial charge in [-0.05, 0) is 19.6 Å². The number of thioether (sulfide) groups is 1. The number of hydrogen-bond donors (Lipinski definition) is 2. The minimum absolute atomic E-state index is 0.133. The van der Waals surface area contributed by atoms with Gasteiger partial charge >= 0.3 is 0 Å². The third-order valence-corrected chi connectivity index (χ3v) is 3.38. The van der Waals surface area contributed by atoms with E-state index in [0.29, 0.717) is 11.6 Å². The third kappa shape index (κ3) is 4.97. The summed E-state index contributed by atoms with van der Waals surface area (Å²) >= 11 is 7.23. The van der Waals surface area contributed by atoms with Crippen LogP contribution in [0, 0.1) is 0 Å². The van der Waals surface area contributed by atoms with Gasteiger partial charge in [0.2, 0.25) is 0 Å². The fourth-order valence-electron chi connectivity index (χ4n) is 1.59. The zero-order valence-electron chi connectivity index (χ0n) is 11.2. The molecule has 1 aromatic heterocycles. The van der Waals surface area contributed by atoms with Crippen molar-refractivity contribution in [2.24, 2.45) is 0 Å². The van der Waals surface area contributed by atoms with Crippen molar-refractivity contribution < 1.29 is 9.90 Å². The van der Waals surface area contributed by atoms with Crippen molar-refractivity contribution in [2.75, 3.05) is 12.8 Å². The van der Waals surface area contributed by atoms with Crippen LogP contribution in [0.4, 0.5) is 0 Å². The van der Waals surface area contributed by atoms with Crippen molar-refractivity contribution in [3.05, 3.63) is 16.9 Å². The molecule has 0 radical (unpaired) electrons. The van der Waals surface area contributed by atoms with Crippen LogP contribution >= 0.6 is 23.4 Å². The fraction of sp³-hybridized carbons (Fsp3) is 0.583. The van der Waals surface area contributed by atoms with Gasteiger partial charge in [-0.1, -0.05) is 36.7 Å². The van der Waals surface area contributed by atoms with E-state index in [9.17, 15) is 9.90 Å². The molecule has 106 valence electrons. The highest BCUT2D eigenvalue weighted by atomic mass is 35.5. The highest BCUT2D eigenvalue weighted by Gasteiger charge is 2.22. The van der Waals surface area contributed by atoms with Gasteiger partial charge in [0.05, 0.1) is 16.8 Å². The summed E-state index contributed by atoms with van der Waals surface area (Å²) in [6.45, 7) is 3.82. The summed E-state index contributed by atoms with van der Waals surface area (Å²) in [6.07, 6.45) is 4.67. The van der Waals surface area contributed by atoms with E-state index < -0.39 is 11.5 Å². The molecule has 0 aliphatic rings. The lowest BCUT2D eigenvalue weighted by atomic mass is 10.0. The Balaban J connectivity index is 2.73. The Labute approximate surface area is 122 Å². The molecule has 0 aliphatic heterocycles. The van der Waals surface area contributed by atoms with Crippen LogP contribution < -0.4 is 5.32 Å². The van der Waals surface area contributed by atoms with Crippen LogP contribution in [0.5, 0.6) is 0 Å². The first-order valence-electron chi connectivity index (χ1n) is 5.96. The minimum atomic E-state index is -0.924. The van der Waals surface area contributed by atoms with Crippen molar-refractivity contribution in [1.29, 1.82) is 0 Å². The predicted molar refractivity (Wildman–Crippen MR) is 76.7 cm³/mol. The Morgan fingerprint density at radius 2 is 2.32 bits per heavy atom. The molecule has 0 saturated heterocycles. The van der Waals surface area contributed by atoms with Crippen LogP contribution in [0.15, 0.2) is 11.4 Å². The minimum Gasteiger partial charge on any atom is -0.388 e. The van der Waals surface area contributed by atoms with Crippen LogP contribution in [0.3, 0.4) is 0 Å². The molecule has 2 N–H and O–H groups in total. The lowest BCUT2D eigenvalue weighted by Crippen LogP contribution is -2.40. The molecule has 1 unspecified atom stereocenters. The van der Waals surface area contributed by atoms with Crippen LogP contribution in [-0.4, -0.2) is 39.4 Å². The van der Waals surface area contributed by atoms with E-state index in [1.54, 1.807) is 6.92 Å². The van der Waals surface area contributed by atoms with E-state index in [0.717, 1.165) is 6.42 Å². The van der Waals surface area contributed by atoms with E-state index in [2.05, 4.69) is 15.3 Å². The molecule has 5 nitrogen and oxygen atoms in total. The number of halogens is 1. The fourth-order valence-corrected chi connectivity index (χ4v) is 2.11. The SMILES string of the molecule is CCCC(C)(O)CNC(=O)c1nc(SC)ncc1Cl. The predicted octanol–water partition coefficient (Wildman–Crippen LogP) is 2.13. The number of carbonyl (C=O) groups excluding carboxylic acids is 1. The van der Waals surface area contributed by atoms with Crippen molar-refractivity contribution in [2.45, 2.75) is 37.4 Å². The second-order valence-corrected chi connectivity index (χ2v) is 5.66. The first kappa shape index (κ1) is 16.2. The highest BCUT2D eigenvalue weighted by Crippen LogP contribution is 2.17. The van der Waals surface area contributed by atoms with E-state index in [1.165, 1.54) is 18.0 Å². The summed E-state index contributed by atoms with van der Waals surface area (Å²) in [4.78, 5) is 20.0. The Kier molecular flexibility index (Phi) is 6.03. The molecule has 0 bridgehead atoms. The summed E-state index contributed by atoms with van der Waals surface area (Å²) < 4.78 is 0. The molecule has 19 heavy (non-hydrogen) atoms. The molecular formula is C12H18ClN3O2S. The second-order valence-electron chi connectivity index (χ2n) is 4.48. The van der Waals surface area contributed by atoms with Gasteiger partial charge in [-0.3, -0.25) is 4.79 Å². The zero-order valence-corrected chi connectivity index (χ0v) is 12.8. The Bertz CT molecular complexity index is 455. The molecule has 0 aliphatic carbocycles. The lowest BCUT2D eigenvalue weighted by Gasteiger charge is -2.22. The smallest absolute Gasteiger partial charge is 0.271 e. The number of hydrogen-bond acceptors (Lipinski definition) is 5. The van der Waals surface area contributed by atoms with Crippen LogP contribution in [-0.2, 0) is 0 Å². The second kappa shape index (κ2) is 7.07. The van der Waals surface area contributed by atoms with Gasteiger partial charge in [0.25, 0.3) is 5.91 Å². The summed E-state index contributed by atoms with van der Waals surface area (Å²) in [5.74, 6) is -0.404. The van der Waals surface area contributed by atoms with Gasteiger partial charge in [0.15, 0.2) is 10.9 Å². The molecule has 0 fully saturated rings. The zero-order chi connectivity index (χ0) is 14.5. The maximum absolute atomic E-state index is 12.0. The van der Waals surface area contributed by atoms with Crippen LogP contribution in [0.2, 0.25) is 5.02 Å². The number of amides is 1. The van der Waals surface area contributed by atoms with Gasteiger partial charge in [-0.2, -0.15) is 0 Å². The van der Waals surface area contributed by atoms with Gasteiger partial charge in [0.1, 0.15) is 0 Å². The molecule has 0 saturated carbocycles. The van der Waals surface area contributed by atoms with Crippen LogP contribution in [0.25, 0.3) is 0 Å². The monoisotopic (exact) mass is 303 g/mol. The van der Waals surface area contributed by atoms with E-state index in [-0.39, 0.29) is 17.3 Å². The normalized spacial score (nSPS) is 13.9. The largest absolute Gasteiger partial charge is 0.388 e. The molecule has 1 rings (SSSR count). The average molecular weight is 304 g/mol. The topological polar surface area (TPSA) is 75.1 Å². The Morgan fingerprint density at radius 3 is 2.89 bits per heavy atom. The molecule has 7 heteroatoms. The summed E-state index contributed by atoms with van der Waals surface area (Å²) in [5.41, 5.74) is -0.792. The number of aliphatic hydroxyl groups is 1. The first-order chi connectivity index (χ1) is 8.89. The Morgan fingerprint density at radius 1 is 1.63 bits per heavy atom. The Hall–Kier alpha value is -0.850. The van der Waals surface area contributed by atoms with Gasteiger partial charge in [-0.25, -0.2) is 9.97 Å². The maximum Gasteiger partial charge on any atom is 0.271 e. The number of rotatable bonds is 6. The van der Waals surface area contributed by atoms with Gasteiger partial charge in [-0.15, -0.1) is 0 Å². The van der Waals surface area contributed by atoms with E-state index >= 15 is 0 Å². The number of nitrogens with one attached hydrogen (secondary N) is 1. The molecule has 0 aromatic carbocycles. The van der Waals surface area contributed by atoms with E-state index in [4.69, 9.17) is 11.6 Å². The molecule has 1 atom stereocenters. The number of carbonyl (C=O) groups is 1. The summed E-state index contributed by atoms with van der Waals surface area (Å²) in [5, 5.41) is 13.3. The lowest BCUT2D eigenvalue weighted by molar-refractivity contribution is 0.0468. The van der Waals surface area contributed by atoms with Crippen molar-refractivity contribution in [3.8, 4) is 0 Å². The molecule has 1 heterocycles. The first-order valence-corrected chi connectivity index (χ1v) is 7.57. The maximum atomic E-state index is 12.0.